The van der Waals surface area contributed by atoms with E-state index in [1.807, 2.05) is 14.1 Å². The van der Waals surface area contributed by atoms with Crippen LogP contribution in [0.15, 0.2) is 27.6 Å². The lowest BCUT2D eigenvalue weighted by atomic mass is 10.2. The highest BCUT2D eigenvalue weighted by molar-refractivity contribution is 9.10. The fourth-order valence-electron chi connectivity index (χ4n) is 1.70. The monoisotopic (exact) mass is 378 g/mol. The number of carboxylic acids is 1. The number of rotatable bonds is 6. The fraction of sp³-hybridized carbons (Fsp3) is 0.462. The van der Waals surface area contributed by atoms with Crippen molar-refractivity contribution in [3.63, 3.8) is 0 Å². The van der Waals surface area contributed by atoms with Crippen molar-refractivity contribution in [1.29, 1.82) is 0 Å². The maximum atomic E-state index is 12.6. The molecule has 1 aromatic carbocycles. The molecule has 0 heterocycles. The van der Waals surface area contributed by atoms with E-state index in [1.165, 1.54) is 14.0 Å². The molecule has 21 heavy (non-hydrogen) atoms. The molecule has 1 N–H and O–H groups in total. The Balaban J connectivity index is 3.18. The highest BCUT2D eigenvalue weighted by atomic mass is 79.9. The van der Waals surface area contributed by atoms with Crippen LogP contribution in [0.3, 0.4) is 0 Å². The van der Waals surface area contributed by atoms with Gasteiger partial charge in [0.1, 0.15) is 0 Å². The van der Waals surface area contributed by atoms with Gasteiger partial charge >= 0.3 is 5.97 Å². The van der Waals surface area contributed by atoms with Gasteiger partial charge in [0.05, 0.1) is 10.8 Å². The minimum atomic E-state index is -3.76. The Morgan fingerprint density at radius 2 is 1.90 bits per heavy atom. The molecule has 118 valence electrons. The van der Waals surface area contributed by atoms with E-state index in [1.54, 1.807) is 23.1 Å². The number of hydrogen-bond donors (Lipinski definition) is 1. The minimum Gasteiger partial charge on any atom is -0.481 e. The third-order valence-electron chi connectivity index (χ3n) is 3.07. The van der Waals surface area contributed by atoms with Crippen LogP contribution in [0.2, 0.25) is 0 Å². The molecule has 6 nitrogen and oxygen atoms in total. The summed E-state index contributed by atoms with van der Waals surface area (Å²) in [6.45, 7) is 1.38. The van der Waals surface area contributed by atoms with Gasteiger partial charge in [0, 0.05) is 37.8 Å². The van der Waals surface area contributed by atoms with Gasteiger partial charge in [-0.25, -0.2) is 12.7 Å². The van der Waals surface area contributed by atoms with Crippen LogP contribution in [-0.2, 0) is 14.8 Å². The normalized spacial score (nSPS) is 13.2. The molecular weight excluding hydrogens is 360 g/mol. The van der Waals surface area contributed by atoms with Gasteiger partial charge in [-0.1, -0.05) is 6.92 Å². The number of hydrogen-bond acceptors (Lipinski definition) is 4. The van der Waals surface area contributed by atoms with Crippen molar-refractivity contribution in [2.24, 2.45) is 5.92 Å². The Labute approximate surface area is 133 Å². The molecule has 0 spiro atoms. The predicted molar refractivity (Wildman–Crippen MR) is 85.1 cm³/mol. The van der Waals surface area contributed by atoms with E-state index in [9.17, 15) is 13.2 Å². The first-order valence-corrected chi connectivity index (χ1v) is 8.46. The second-order valence-electron chi connectivity index (χ2n) is 5.03. The van der Waals surface area contributed by atoms with Crippen LogP contribution in [0.5, 0.6) is 0 Å². The van der Waals surface area contributed by atoms with E-state index >= 15 is 0 Å². The Morgan fingerprint density at radius 3 is 2.38 bits per heavy atom. The first kappa shape index (κ1) is 17.9. The lowest BCUT2D eigenvalue weighted by Gasteiger charge is -2.21. The van der Waals surface area contributed by atoms with Gasteiger partial charge in [-0.15, -0.1) is 0 Å². The molecule has 0 saturated heterocycles. The van der Waals surface area contributed by atoms with Gasteiger partial charge in [0.2, 0.25) is 10.0 Å². The molecule has 1 rings (SSSR count). The first-order valence-electron chi connectivity index (χ1n) is 6.23. The fourth-order valence-corrected chi connectivity index (χ4v) is 3.90. The summed E-state index contributed by atoms with van der Waals surface area (Å²) in [7, 11) is 1.25. The molecule has 1 aromatic rings. The molecule has 0 aliphatic rings. The minimum absolute atomic E-state index is 0.0870. The van der Waals surface area contributed by atoms with Crippen LogP contribution < -0.4 is 4.90 Å². The zero-order chi connectivity index (χ0) is 16.4. The third kappa shape index (κ3) is 4.18. The van der Waals surface area contributed by atoms with Gasteiger partial charge < -0.3 is 10.0 Å². The zero-order valence-electron chi connectivity index (χ0n) is 12.4. The van der Waals surface area contributed by atoms with Crippen molar-refractivity contribution in [3.8, 4) is 0 Å². The lowest BCUT2D eigenvalue weighted by Crippen LogP contribution is -2.34. The number of benzene rings is 1. The standard InChI is InChI=1S/C13H19BrN2O4S/c1-9(13(17)18)8-16(4)21(19,20)12-7-10(15(2)3)5-6-11(12)14/h5-7,9H,8H2,1-4H3,(H,17,18). The molecule has 8 heteroatoms. The lowest BCUT2D eigenvalue weighted by molar-refractivity contribution is -0.141. The summed E-state index contributed by atoms with van der Waals surface area (Å²) in [5.41, 5.74) is 0.747. The topological polar surface area (TPSA) is 77.9 Å². The molecule has 0 saturated carbocycles. The summed E-state index contributed by atoms with van der Waals surface area (Å²) in [5.74, 6) is -1.81. The summed E-state index contributed by atoms with van der Waals surface area (Å²) >= 11 is 3.24. The summed E-state index contributed by atoms with van der Waals surface area (Å²) < 4.78 is 26.6. The average Bonchev–Trinajstić information content (AvgIpc) is 2.38. The SMILES string of the molecule is CC(CN(C)S(=O)(=O)c1cc(N(C)C)ccc1Br)C(=O)O. The van der Waals surface area contributed by atoms with Gasteiger partial charge in [-0.3, -0.25) is 4.79 Å². The quantitative estimate of drug-likeness (QED) is 0.817. The summed E-state index contributed by atoms with van der Waals surface area (Å²) in [6.07, 6.45) is 0. The van der Waals surface area contributed by atoms with Crippen LogP contribution in [-0.4, -0.2) is 51.5 Å². The Hall–Kier alpha value is -1.12. The highest BCUT2D eigenvalue weighted by Gasteiger charge is 2.27. The van der Waals surface area contributed by atoms with Crippen molar-refractivity contribution >= 4 is 37.6 Å². The number of carboxylic acid groups (broad SMARTS) is 1. The smallest absolute Gasteiger partial charge is 0.307 e. The van der Waals surface area contributed by atoms with Crippen molar-refractivity contribution in [3.05, 3.63) is 22.7 Å². The van der Waals surface area contributed by atoms with Gasteiger partial charge in [-0.05, 0) is 34.1 Å². The van der Waals surface area contributed by atoms with Crippen molar-refractivity contribution in [1.82, 2.24) is 4.31 Å². The van der Waals surface area contributed by atoms with E-state index in [-0.39, 0.29) is 11.4 Å². The van der Waals surface area contributed by atoms with Crippen LogP contribution in [0.1, 0.15) is 6.92 Å². The Morgan fingerprint density at radius 1 is 1.33 bits per heavy atom. The van der Waals surface area contributed by atoms with Crippen molar-refractivity contribution in [2.75, 3.05) is 32.6 Å². The number of nitrogens with zero attached hydrogens (tertiary/aromatic N) is 2. The van der Waals surface area contributed by atoms with E-state index < -0.39 is 21.9 Å². The highest BCUT2D eigenvalue weighted by Crippen LogP contribution is 2.28. The molecule has 0 aromatic heterocycles. The molecule has 0 amide bonds. The number of halogens is 1. The molecule has 1 unspecified atom stereocenters. The number of anilines is 1. The molecule has 0 radical (unpaired) electrons. The molecule has 0 aliphatic carbocycles. The van der Waals surface area contributed by atoms with Gasteiger partial charge in [0.25, 0.3) is 0 Å². The largest absolute Gasteiger partial charge is 0.481 e. The maximum Gasteiger partial charge on any atom is 0.307 e. The molecule has 0 bridgehead atoms. The summed E-state index contributed by atoms with van der Waals surface area (Å²) in [4.78, 5) is 12.8. The molecule has 0 aliphatic heterocycles. The van der Waals surface area contributed by atoms with E-state index in [0.717, 1.165) is 9.99 Å². The maximum absolute atomic E-state index is 12.6. The Kier molecular flexibility index (Phi) is 5.77. The van der Waals surface area contributed by atoms with Crippen LogP contribution >= 0.6 is 15.9 Å². The van der Waals surface area contributed by atoms with Crippen LogP contribution in [0.4, 0.5) is 5.69 Å². The number of sulfonamides is 1. The molecule has 0 fully saturated rings. The summed E-state index contributed by atoms with van der Waals surface area (Å²) in [5, 5.41) is 8.90. The second kappa shape index (κ2) is 6.76. The van der Waals surface area contributed by atoms with Crippen molar-refractivity contribution < 1.29 is 18.3 Å². The van der Waals surface area contributed by atoms with Gasteiger partial charge in [-0.2, -0.15) is 0 Å². The zero-order valence-corrected chi connectivity index (χ0v) is 14.8. The predicted octanol–water partition coefficient (Wildman–Crippen LogP) is 1.86. The first-order chi connectivity index (χ1) is 9.57. The van der Waals surface area contributed by atoms with Gasteiger partial charge in [0.15, 0.2) is 0 Å². The molecule has 1 atom stereocenters. The van der Waals surface area contributed by atoms with Crippen LogP contribution in [0.25, 0.3) is 0 Å². The van der Waals surface area contributed by atoms with E-state index in [4.69, 9.17) is 5.11 Å². The second-order valence-corrected chi connectivity index (χ2v) is 7.90. The number of carbonyl (C=O) groups is 1. The summed E-state index contributed by atoms with van der Waals surface area (Å²) in [6, 6.07) is 5.01. The third-order valence-corrected chi connectivity index (χ3v) is 5.89. The van der Waals surface area contributed by atoms with Crippen LogP contribution in [0, 0.1) is 5.92 Å². The molecular formula is C13H19BrN2O4S. The average molecular weight is 379 g/mol. The van der Waals surface area contributed by atoms with E-state index in [0.29, 0.717) is 4.47 Å². The Bertz CT molecular complexity index is 631. The van der Waals surface area contributed by atoms with Crippen molar-refractivity contribution in [2.45, 2.75) is 11.8 Å². The number of aliphatic carboxylic acids is 1. The van der Waals surface area contributed by atoms with E-state index in [2.05, 4.69) is 15.9 Å².